The molecule has 170 valence electrons. The van der Waals surface area contributed by atoms with E-state index in [4.69, 9.17) is 37.1 Å². The van der Waals surface area contributed by atoms with Crippen molar-refractivity contribution in [3.05, 3.63) is 97.8 Å². The highest BCUT2D eigenvalue weighted by Gasteiger charge is 2.40. The number of alkyl halides is 3. The predicted molar refractivity (Wildman–Crippen MR) is 120 cm³/mol. The highest BCUT2D eigenvalue weighted by molar-refractivity contribution is 6.35. The summed E-state index contributed by atoms with van der Waals surface area (Å²) in [7, 11) is 0. The van der Waals surface area contributed by atoms with Crippen LogP contribution in [-0.2, 0) is 12.8 Å². The van der Waals surface area contributed by atoms with Crippen LogP contribution in [0.1, 0.15) is 16.9 Å². The lowest BCUT2D eigenvalue weighted by atomic mass is 10.2. The zero-order valence-electron chi connectivity index (χ0n) is 17.0. The molecule has 0 bridgehead atoms. The van der Waals surface area contributed by atoms with Gasteiger partial charge in [0.15, 0.2) is 0 Å². The lowest BCUT2D eigenvalue weighted by Gasteiger charge is -2.14. The molecule has 1 heterocycles. The summed E-state index contributed by atoms with van der Waals surface area (Å²) in [5.41, 5.74) is 0.275. The van der Waals surface area contributed by atoms with Crippen LogP contribution in [0.4, 0.5) is 13.2 Å². The number of rotatable bonds is 5. The average molecular weight is 495 g/mol. The molecular formula is C24H15Cl2F3O4. The molecule has 0 atom stereocenters. The molecule has 0 fully saturated rings. The van der Waals surface area contributed by atoms with Crippen LogP contribution in [0.3, 0.4) is 0 Å². The quantitative estimate of drug-likeness (QED) is 0.284. The summed E-state index contributed by atoms with van der Waals surface area (Å²) in [5.74, 6) is -2.19. The van der Waals surface area contributed by atoms with Gasteiger partial charge in [-0.1, -0.05) is 47.0 Å². The first-order valence-corrected chi connectivity index (χ1v) is 10.4. The van der Waals surface area contributed by atoms with Crippen LogP contribution in [-0.4, -0.2) is 0 Å². The Labute approximate surface area is 196 Å². The number of benzene rings is 3. The zero-order chi connectivity index (χ0) is 23.8. The molecule has 33 heavy (non-hydrogen) atoms. The third-order valence-electron chi connectivity index (χ3n) is 4.73. The molecule has 4 rings (SSSR count). The summed E-state index contributed by atoms with van der Waals surface area (Å²) in [6, 6.07) is 15.1. The molecule has 0 saturated carbocycles. The van der Waals surface area contributed by atoms with E-state index < -0.39 is 23.1 Å². The van der Waals surface area contributed by atoms with Crippen molar-refractivity contribution in [2.24, 2.45) is 0 Å². The van der Waals surface area contributed by atoms with E-state index in [0.717, 1.165) is 5.56 Å². The van der Waals surface area contributed by atoms with Crippen molar-refractivity contribution in [3.63, 3.8) is 0 Å². The summed E-state index contributed by atoms with van der Waals surface area (Å²) in [5, 5.41) is 0.758. The van der Waals surface area contributed by atoms with Crippen molar-refractivity contribution < 1.29 is 27.1 Å². The second-order valence-electron chi connectivity index (χ2n) is 7.18. The average Bonchev–Trinajstić information content (AvgIpc) is 2.75. The second-order valence-corrected chi connectivity index (χ2v) is 8.03. The minimum atomic E-state index is -4.96. The molecule has 0 aliphatic rings. The number of halogens is 5. The van der Waals surface area contributed by atoms with E-state index in [2.05, 4.69) is 0 Å². The lowest BCUT2D eigenvalue weighted by molar-refractivity contribution is -0.154. The third kappa shape index (κ3) is 5.10. The van der Waals surface area contributed by atoms with Crippen molar-refractivity contribution >= 4 is 34.2 Å². The van der Waals surface area contributed by atoms with Gasteiger partial charge in [-0.2, -0.15) is 13.2 Å². The van der Waals surface area contributed by atoms with E-state index >= 15 is 0 Å². The number of hydrogen-bond acceptors (Lipinski definition) is 4. The fraction of sp³-hybridized carbons (Fsp3) is 0.125. The van der Waals surface area contributed by atoms with Gasteiger partial charge < -0.3 is 13.9 Å². The fourth-order valence-corrected chi connectivity index (χ4v) is 3.51. The van der Waals surface area contributed by atoms with Crippen molar-refractivity contribution in [1.82, 2.24) is 0 Å². The highest BCUT2D eigenvalue weighted by atomic mass is 35.5. The number of hydrogen-bond donors (Lipinski definition) is 0. The van der Waals surface area contributed by atoms with Gasteiger partial charge in [-0.05, 0) is 43.3 Å². The first kappa shape index (κ1) is 23.0. The Hall–Kier alpha value is -3.16. The molecular weight excluding hydrogens is 480 g/mol. The predicted octanol–water partition coefficient (Wildman–Crippen LogP) is 7.80. The molecule has 9 heteroatoms. The molecule has 4 aromatic rings. The smallest absolute Gasteiger partial charge is 0.453 e. The van der Waals surface area contributed by atoms with E-state index in [9.17, 15) is 18.0 Å². The summed E-state index contributed by atoms with van der Waals surface area (Å²) in [4.78, 5) is 12.9. The Morgan fingerprint density at radius 2 is 1.64 bits per heavy atom. The van der Waals surface area contributed by atoms with E-state index in [1.54, 1.807) is 30.3 Å². The van der Waals surface area contributed by atoms with Gasteiger partial charge >= 0.3 is 6.18 Å². The van der Waals surface area contributed by atoms with Crippen molar-refractivity contribution in [2.45, 2.75) is 19.7 Å². The Kier molecular flexibility index (Phi) is 6.28. The molecule has 0 unspecified atom stereocenters. The Morgan fingerprint density at radius 1 is 0.939 bits per heavy atom. The molecule has 0 N–H and O–H groups in total. The first-order chi connectivity index (χ1) is 15.6. The topological polar surface area (TPSA) is 48.7 Å². The molecule has 0 spiro atoms. The molecule has 0 aliphatic carbocycles. The summed E-state index contributed by atoms with van der Waals surface area (Å²) >= 11 is 12.0. The van der Waals surface area contributed by atoms with Gasteiger partial charge in [-0.3, -0.25) is 4.79 Å². The third-order valence-corrected chi connectivity index (χ3v) is 5.32. The molecule has 0 aliphatic heterocycles. The second kappa shape index (κ2) is 9.00. The monoisotopic (exact) mass is 494 g/mol. The molecule has 0 amide bonds. The Morgan fingerprint density at radius 3 is 2.30 bits per heavy atom. The highest BCUT2D eigenvalue weighted by Crippen LogP contribution is 2.38. The van der Waals surface area contributed by atoms with Crippen LogP contribution in [0.15, 0.2) is 69.9 Å². The van der Waals surface area contributed by atoms with Crippen LogP contribution >= 0.6 is 23.2 Å². The molecule has 3 aromatic carbocycles. The van der Waals surface area contributed by atoms with Gasteiger partial charge in [0.1, 0.15) is 23.7 Å². The Balaban J connectivity index is 1.71. The molecule has 0 saturated heterocycles. The SMILES string of the molecule is Cc1ccc(Oc2c(C(F)(F)F)oc3cc(OCc4ccc(Cl)cc4Cl)ccc3c2=O)cc1. The van der Waals surface area contributed by atoms with Crippen molar-refractivity contribution in [1.29, 1.82) is 0 Å². The van der Waals surface area contributed by atoms with Crippen LogP contribution in [0.5, 0.6) is 17.2 Å². The first-order valence-electron chi connectivity index (χ1n) is 9.61. The van der Waals surface area contributed by atoms with Crippen molar-refractivity contribution in [2.75, 3.05) is 0 Å². The van der Waals surface area contributed by atoms with Crippen LogP contribution in [0.2, 0.25) is 10.0 Å². The van der Waals surface area contributed by atoms with Gasteiger partial charge in [-0.15, -0.1) is 0 Å². The van der Waals surface area contributed by atoms with E-state index in [0.29, 0.717) is 15.6 Å². The zero-order valence-corrected chi connectivity index (χ0v) is 18.5. The fourth-order valence-electron chi connectivity index (χ4n) is 3.05. The minimum Gasteiger partial charge on any atom is -0.489 e. The Bertz CT molecular complexity index is 1380. The van der Waals surface area contributed by atoms with Crippen molar-refractivity contribution in [3.8, 4) is 17.2 Å². The van der Waals surface area contributed by atoms with Gasteiger partial charge in [0.05, 0.1) is 5.39 Å². The summed E-state index contributed by atoms with van der Waals surface area (Å²) < 4.78 is 57.1. The lowest BCUT2D eigenvalue weighted by Crippen LogP contribution is -2.15. The summed E-state index contributed by atoms with van der Waals surface area (Å²) in [6.07, 6.45) is -4.96. The molecule has 1 aromatic heterocycles. The largest absolute Gasteiger partial charge is 0.489 e. The van der Waals surface area contributed by atoms with Crippen LogP contribution in [0, 0.1) is 6.92 Å². The van der Waals surface area contributed by atoms with E-state index in [1.807, 2.05) is 6.92 Å². The number of ether oxygens (including phenoxy) is 2. The van der Waals surface area contributed by atoms with E-state index in [1.165, 1.54) is 30.3 Å². The van der Waals surface area contributed by atoms with Gasteiger partial charge in [0.25, 0.3) is 5.76 Å². The maximum atomic E-state index is 13.7. The van der Waals surface area contributed by atoms with E-state index in [-0.39, 0.29) is 29.1 Å². The minimum absolute atomic E-state index is 0.0342. The maximum Gasteiger partial charge on any atom is 0.453 e. The van der Waals surface area contributed by atoms with Gasteiger partial charge in [-0.25, -0.2) is 0 Å². The molecule has 0 radical (unpaired) electrons. The van der Waals surface area contributed by atoms with Crippen LogP contribution < -0.4 is 14.9 Å². The van der Waals surface area contributed by atoms with Gasteiger partial charge in [0, 0.05) is 21.7 Å². The summed E-state index contributed by atoms with van der Waals surface area (Å²) in [6.45, 7) is 1.85. The van der Waals surface area contributed by atoms with Gasteiger partial charge in [0.2, 0.25) is 11.2 Å². The number of aryl methyl sites for hydroxylation is 1. The normalized spacial score (nSPS) is 11.6. The van der Waals surface area contributed by atoms with Crippen LogP contribution in [0.25, 0.3) is 11.0 Å². The standard InChI is InChI=1S/C24H15Cl2F3O4/c1-13-2-6-16(7-3-13)32-22-21(30)18-9-8-17(11-20(18)33-23(22)24(27,28)29)31-12-14-4-5-15(25)10-19(14)26/h2-11H,12H2,1H3. The number of fused-ring (bicyclic) bond motifs is 1. The maximum absolute atomic E-state index is 13.7. The molecule has 4 nitrogen and oxygen atoms in total.